The summed E-state index contributed by atoms with van der Waals surface area (Å²) in [6.45, 7) is 4.40. The Labute approximate surface area is 75.0 Å². The summed E-state index contributed by atoms with van der Waals surface area (Å²) in [4.78, 5) is 0. The van der Waals surface area contributed by atoms with Gasteiger partial charge in [-0.25, -0.2) is 0 Å². The smallest absolute Gasteiger partial charge is 0.116 e. The molecule has 0 bridgehead atoms. The van der Waals surface area contributed by atoms with E-state index in [0.29, 0.717) is 0 Å². The van der Waals surface area contributed by atoms with Crippen LogP contribution in [-0.2, 0) is 0 Å². The molecule has 3 heteroatoms. The zero-order valence-corrected chi connectivity index (χ0v) is 9.26. The van der Waals surface area contributed by atoms with Crippen LogP contribution in [0.4, 0.5) is 0 Å². The molecule has 0 atom stereocenters. The lowest BCUT2D eigenvalue weighted by atomic mass is 10.3. The van der Waals surface area contributed by atoms with E-state index in [0.717, 1.165) is 5.92 Å². The van der Waals surface area contributed by atoms with Gasteiger partial charge in [0, 0.05) is 0 Å². The molecule has 0 aliphatic heterocycles. The van der Waals surface area contributed by atoms with E-state index >= 15 is 0 Å². The summed E-state index contributed by atoms with van der Waals surface area (Å²) in [6.07, 6.45) is 0. The van der Waals surface area contributed by atoms with Gasteiger partial charge >= 0.3 is 0 Å². The fraction of sp³-hybridized carbons (Fsp3) is 1.00. The highest BCUT2D eigenvalue weighted by Crippen LogP contribution is 1.92. The highest BCUT2D eigenvalue weighted by atomic mass is 79.9. The molecule has 0 nitrogen and oxygen atoms in total. The second-order valence-corrected chi connectivity index (χ2v) is 2.10. The van der Waals surface area contributed by atoms with Crippen molar-refractivity contribution in [1.29, 1.82) is 0 Å². The molecule has 0 N–H and O–H groups in total. The maximum Gasteiger partial charge on any atom is 0.118 e. The first kappa shape index (κ1) is 15.8. The third-order valence-electron chi connectivity index (χ3n) is 0.471. The van der Waals surface area contributed by atoms with Gasteiger partial charge in [-0.2, -0.15) is 0 Å². The standard InChI is InChI=1S/C4H9.Al.2BrH/c1-4(2)3;;;/h4H,1H2,2-3H3;;2*1H. The summed E-state index contributed by atoms with van der Waals surface area (Å²) in [5.74, 6) is 0.847. The first-order chi connectivity index (χ1) is 2.27. The van der Waals surface area contributed by atoms with Crippen LogP contribution < -0.4 is 0 Å². The largest absolute Gasteiger partial charge is 0.118 e. The lowest BCUT2D eigenvalue weighted by molar-refractivity contribution is 0.735. The van der Waals surface area contributed by atoms with Gasteiger partial charge in [-0.15, -0.1) is 39.2 Å². The van der Waals surface area contributed by atoms with Crippen LogP contribution in [0.5, 0.6) is 0 Å². The van der Waals surface area contributed by atoms with Gasteiger partial charge in [0.2, 0.25) is 0 Å². The quantitative estimate of drug-likeness (QED) is 0.623. The van der Waals surface area contributed by atoms with E-state index in [2.05, 4.69) is 30.1 Å². The van der Waals surface area contributed by atoms with Gasteiger partial charge in [0.1, 0.15) is 16.3 Å². The van der Waals surface area contributed by atoms with Crippen LogP contribution in [0.1, 0.15) is 13.8 Å². The van der Waals surface area contributed by atoms with Crippen LogP contribution in [0.3, 0.4) is 0 Å². The maximum atomic E-state index is 2.69. The van der Waals surface area contributed by atoms with Crippen molar-refractivity contribution in [2.24, 2.45) is 5.92 Å². The molecule has 0 aromatic carbocycles. The van der Waals surface area contributed by atoms with Crippen LogP contribution in [0.2, 0.25) is 5.28 Å². The zero-order chi connectivity index (χ0) is 4.28. The minimum atomic E-state index is 0. The Hall–Kier alpha value is 1.49. The first-order valence-corrected chi connectivity index (χ1v) is 2.79. The van der Waals surface area contributed by atoms with Crippen molar-refractivity contribution in [2.45, 2.75) is 19.1 Å². The van der Waals surface area contributed by atoms with Gasteiger partial charge in [0.25, 0.3) is 0 Å². The third kappa shape index (κ3) is 18.5. The topological polar surface area (TPSA) is 0 Å². The fourth-order valence-electron chi connectivity index (χ4n) is 0. The molecule has 0 heterocycles. The van der Waals surface area contributed by atoms with Crippen LogP contribution in [0.15, 0.2) is 0 Å². The van der Waals surface area contributed by atoms with E-state index in [1.807, 2.05) is 0 Å². The number of rotatable bonds is 1. The highest BCUT2D eigenvalue weighted by Gasteiger charge is 1.79. The summed E-state index contributed by atoms with van der Waals surface area (Å²) in [6, 6.07) is 0. The summed E-state index contributed by atoms with van der Waals surface area (Å²) in [5.41, 5.74) is 0. The van der Waals surface area contributed by atoms with Crippen molar-refractivity contribution < 1.29 is 0 Å². The average Bonchev–Trinajstić information content (AvgIpc) is 1.38. The molecule has 0 aromatic heterocycles. The Kier molecular flexibility index (Phi) is 23.6. The Balaban J connectivity index is -0.0000000800. The lowest BCUT2D eigenvalue weighted by Crippen LogP contribution is -1.80. The normalized spacial score (nSPS) is 6.71. The molecule has 0 aliphatic rings. The minimum Gasteiger partial charge on any atom is -0.116 e. The highest BCUT2D eigenvalue weighted by molar-refractivity contribution is 8.93. The molecule has 0 rings (SSSR count). The molecular weight excluding hydrogens is 235 g/mol. The molecule has 7 heavy (non-hydrogen) atoms. The number of halogens is 2. The Morgan fingerprint density at radius 2 is 1.43 bits per heavy atom. The maximum absolute atomic E-state index is 2.69. The summed E-state index contributed by atoms with van der Waals surface area (Å²) in [7, 11) is 0. The first-order valence-electron chi connectivity index (χ1n) is 1.97. The predicted molar refractivity (Wildman–Crippen MR) is 46.0 cm³/mol. The van der Waals surface area contributed by atoms with Crippen LogP contribution in [0, 0.1) is 5.92 Å². The molecule has 2 radical (unpaired) electrons. The van der Waals surface area contributed by atoms with E-state index in [1.54, 1.807) is 0 Å². The minimum absolute atomic E-state index is 0. The van der Waals surface area contributed by atoms with Crippen molar-refractivity contribution in [3.05, 3.63) is 0 Å². The SMILES string of the molecule is Br.Br.CC(C)[CH2][Al]. The van der Waals surface area contributed by atoms with E-state index in [9.17, 15) is 0 Å². The molecule has 0 unspecified atom stereocenters. The summed E-state index contributed by atoms with van der Waals surface area (Å²) < 4.78 is 0. The third-order valence-corrected chi connectivity index (χ3v) is 1.41. The van der Waals surface area contributed by atoms with Crippen molar-refractivity contribution in [2.75, 3.05) is 0 Å². The monoisotopic (exact) mass is 244 g/mol. The molecule has 0 fully saturated rings. The van der Waals surface area contributed by atoms with E-state index in [-0.39, 0.29) is 34.0 Å². The molecular formula is C4H11AlBr2. The van der Waals surface area contributed by atoms with Crippen LogP contribution in [0.25, 0.3) is 0 Å². The van der Waals surface area contributed by atoms with Gasteiger partial charge in [0.05, 0.1) is 0 Å². The Bertz CT molecular complexity index is 23.7. The van der Waals surface area contributed by atoms with E-state index < -0.39 is 0 Å². The number of hydrogen-bond donors (Lipinski definition) is 0. The van der Waals surface area contributed by atoms with Gasteiger partial charge < -0.3 is 0 Å². The van der Waals surface area contributed by atoms with Crippen LogP contribution >= 0.6 is 34.0 Å². The summed E-state index contributed by atoms with van der Waals surface area (Å²) >= 11 is 2.69. The molecule has 0 saturated heterocycles. The second-order valence-electron chi connectivity index (χ2n) is 1.63. The Morgan fingerprint density at radius 1 is 1.29 bits per heavy atom. The van der Waals surface area contributed by atoms with Gasteiger partial charge in [-0.05, 0) is 0 Å². The van der Waals surface area contributed by atoms with Crippen molar-refractivity contribution in [3.8, 4) is 0 Å². The van der Waals surface area contributed by atoms with E-state index in [1.165, 1.54) is 5.28 Å². The van der Waals surface area contributed by atoms with Crippen LogP contribution in [-0.4, -0.2) is 16.3 Å². The van der Waals surface area contributed by atoms with Crippen molar-refractivity contribution in [1.82, 2.24) is 0 Å². The van der Waals surface area contributed by atoms with Gasteiger partial charge in [0.15, 0.2) is 0 Å². The fourth-order valence-corrected chi connectivity index (χ4v) is 0. The van der Waals surface area contributed by atoms with Gasteiger partial charge in [-0.1, -0.05) is 19.8 Å². The molecule has 0 aromatic rings. The molecule has 0 amide bonds. The molecule has 44 valence electrons. The Morgan fingerprint density at radius 3 is 1.43 bits per heavy atom. The lowest BCUT2D eigenvalue weighted by Gasteiger charge is -1.91. The van der Waals surface area contributed by atoms with E-state index in [4.69, 9.17) is 0 Å². The van der Waals surface area contributed by atoms with Crippen molar-refractivity contribution in [3.63, 3.8) is 0 Å². The summed E-state index contributed by atoms with van der Waals surface area (Å²) in [5, 5.41) is 1.22. The zero-order valence-electron chi connectivity index (χ0n) is 4.68. The predicted octanol–water partition coefficient (Wildman–Crippen LogP) is 2.39. The number of hydrogen-bond acceptors (Lipinski definition) is 0. The van der Waals surface area contributed by atoms with Gasteiger partial charge in [-0.3, -0.25) is 0 Å². The van der Waals surface area contributed by atoms with Crippen molar-refractivity contribution >= 4 is 50.3 Å². The molecule has 0 spiro atoms. The average molecular weight is 246 g/mol. The second kappa shape index (κ2) is 10.5. The molecule has 0 saturated carbocycles. The molecule has 0 aliphatic carbocycles.